The molecule has 0 aliphatic carbocycles. The van der Waals surface area contributed by atoms with Crippen molar-refractivity contribution in [1.82, 2.24) is 58.8 Å². The van der Waals surface area contributed by atoms with Crippen LogP contribution in [0.25, 0.3) is 0 Å². The fraction of sp³-hybridized carbons (Fsp3) is 0.573. The summed E-state index contributed by atoms with van der Waals surface area (Å²) in [7, 11) is 4.88. The van der Waals surface area contributed by atoms with Crippen molar-refractivity contribution in [3.05, 3.63) is 163 Å². The maximum Gasteiger partial charge on any atom is 2.00 e. The van der Waals surface area contributed by atoms with Crippen LogP contribution in [0.2, 0.25) is 20.1 Å². The maximum absolute atomic E-state index is 12.8. The van der Waals surface area contributed by atoms with Gasteiger partial charge < -0.3 is 81.8 Å². The number of halogens is 9. The van der Waals surface area contributed by atoms with E-state index in [1.807, 2.05) is 92.3 Å². The molecule has 0 spiro atoms. The molecule has 27 nitrogen and oxygen atoms in total. The number of carbonyl (C=O) groups is 9. The Hall–Kier alpha value is -4.94. The van der Waals surface area contributed by atoms with Crippen LogP contribution >= 0.6 is 128 Å². The SMILES string of the molecule is BrB(Br)Br.C=CC(=O)Cl.C=CC(=O)N1CC(N2CCN(C(=O)CCc3cc(CC)c(Cl)cc3O)CC2)C1.C=CC(=O)N1CC(N2CCN(C(=O)CCc3cc(CC)c(Cl)cc3OC)CC2)C1.CCc1cc(CCC(=O)N2CCN(C3CN(C(=O)OC(C)(C)C)C3)CC2)c(OC)cc1Cl.COc1cc(Cl)c(I)cc1CCC(=O)N1CCN(C2CN(C(=O)OC(C)(C)C)C2)CC1.[CH2-]C.[CH2-]C.[V].[Zn+2]. The molecule has 0 saturated carbocycles. The van der Waals surface area contributed by atoms with Gasteiger partial charge in [0.15, 0.2) is 0 Å². The molecule has 1 radical (unpaired) electrons. The van der Waals surface area contributed by atoms with Crippen molar-refractivity contribution in [2.24, 2.45) is 0 Å². The smallest absolute Gasteiger partial charge is 0.508 e. The molecule has 8 saturated heterocycles. The number of nitrogens with zero attached hydrogens (tertiary/aromatic N) is 12. The maximum atomic E-state index is 12.8. The van der Waals surface area contributed by atoms with Crippen LogP contribution in [0, 0.1) is 17.4 Å². The number of benzene rings is 4. The number of carbonyl (C=O) groups excluding carboxylic acids is 9. The summed E-state index contributed by atoms with van der Waals surface area (Å²) >= 11 is 41.0. The van der Waals surface area contributed by atoms with Crippen LogP contribution in [0.15, 0.2) is 86.5 Å². The van der Waals surface area contributed by atoms with E-state index in [1.165, 1.54) is 12.2 Å². The first kappa shape index (κ1) is 124. The van der Waals surface area contributed by atoms with Gasteiger partial charge in [-0.2, -0.15) is 13.8 Å². The van der Waals surface area contributed by atoms with E-state index >= 15 is 0 Å². The number of ether oxygens (including phenoxy) is 5. The Morgan fingerprint density at radius 3 is 0.874 bits per heavy atom. The summed E-state index contributed by atoms with van der Waals surface area (Å²) in [5.74, 6) is 2.98. The number of phenolic OH excluding ortho intramolecular Hbond substituents is 1. The third kappa shape index (κ3) is 40.4. The van der Waals surface area contributed by atoms with Crippen LogP contribution in [0.4, 0.5) is 9.59 Å². The largest absolute Gasteiger partial charge is 2.00 e. The van der Waals surface area contributed by atoms with E-state index in [-0.39, 0.29) is 94.6 Å². The third-order valence-electron chi connectivity index (χ3n) is 23.7. The van der Waals surface area contributed by atoms with E-state index in [2.05, 4.69) is 149 Å². The molecule has 135 heavy (non-hydrogen) atoms. The molecule has 8 heterocycles. The summed E-state index contributed by atoms with van der Waals surface area (Å²) in [6.45, 7) is 55.8. The first-order chi connectivity index (χ1) is 63.1. The van der Waals surface area contributed by atoms with E-state index < -0.39 is 16.4 Å². The summed E-state index contributed by atoms with van der Waals surface area (Å²) in [6.07, 6.45) is 9.93. The fourth-order valence-corrected chi connectivity index (χ4v) is 17.5. The third-order valence-corrected chi connectivity index (χ3v) is 26.4. The van der Waals surface area contributed by atoms with Gasteiger partial charge in [0.1, 0.15) is 34.2 Å². The monoisotopic (exact) mass is 2360 g/mol. The van der Waals surface area contributed by atoms with E-state index in [4.69, 9.17) is 81.7 Å². The summed E-state index contributed by atoms with van der Waals surface area (Å²) in [5, 5.41) is 12.2. The first-order valence-corrected chi connectivity index (χ1v) is 51.0. The molecular formula is C96H138BBr3Cl5IN12O15VZn. The summed E-state index contributed by atoms with van der Waals surface area (Å²) in [6, 6.07) is 16.6. The molecule has 0 unspecified atom stereocenters. The van der Waals surface area contributed by atoms with Gasteiger partial charge in [-0.1, -0.05) is 105 Å². The number of likely N-dealkylation sites (tertiary alicyclic amines) is 4. The summed E-state index contributed by atoms with van der Waals surface area (Å²) < 4.78 is 28.4. The first-order valence-electron chi connectivity index (χ1n) is 45.3. The minimum Gasteiger partial charge on any atom is -0.508 e. The quantitative estimate of drug-likeness (QED) is 0.0213. The molecule has 12 rings (SSSR count). The van der Waals surface area contributed by atoms with Crippen LogP contribution in [0.1, 0.15) is 141 Å². The average molecular weight is 2370 g/mol. The molecular weight excluding hydrogens is 2230 g/mol. The van der Waals surface area contributed by atoms with Crippen molar-refractivity contribution in [2.75, 3.05) is 178 Å². The van der Waals surface area contributed by atoms with Crippen molar-refractivity contribution in [1.29, 1.82) is 0 Å². The topological polar surface area (TPSA) is 259 Å². The average Bonchev–Trinajstić information content (AvgIpc) is 0.805. The molecule has 4 aromatic carbocycles. The number of amides is 8. The second-order valence-electron chi connectivity index (χ2n) is 34.4. The molecule has 4 aromatic rings. The van der Waals surface area contributed by atoms with Gasteiger partial charge in [-0.05, 0) is 202 Å². The van der Waals surface area contributed by atoms with E-state index in [1.54, 1.807) is 66.9 Å². The number of aryl methyl sites for hydroxylation is 7. The van der Waals surface area contributed by atoms with Crippen molar-refractivity contribution in [3.8, 4) is 23.0 Å². The van der Waals surface area contributed by atoms with Crippen molar-refractivity contribution >= 4 is 184 Å². The van der Waals surface area contributed by atoms with E-state index in [0.717, 1.165) is 203 Å². The Bertz CT molecular complexity index is 4500. The standard InChI is InChI=1S/C24H36ClN3O4.C22H31ClIN3O4.C22H30ClN3O3.C21H28ClN3O3.C3H3ClO.2C2H5.BBr3.V.Zn/c1-6-17-13-18(21(31-5)14-20(17)25)7-8-22(29)27-11-9-26(10-12-27)19-15-28(16-19)23(30)32-24(2,3)4;1-22(2,3)31-21(29)27-13-16(14-27)25-7-9-26(10-8-25)20(28)6-5-15-11-18(24)17(23)12-19(15)30-4;1-4-16-12-17(20(29-3)13-19(16)23)6-7-22(28)25-10-8-24(9-11-25)18-14-26(15-18)21(27)5-2;1-3-15-11-16(19(26)12-18(15)22)5-6-21(28)24-9-7-23(8-10-24)17-13-25(14-17)20(27)4-2;1-2-3(4)5;2*1-2;2-1(3)4;;/h13-14,19H,6-12,15-16H2,1-5H3;11-12,16H,5-10,13-14H2,1-4H3;5,12-13,18H,2,4,6-11,14-15H2,1,3H3;4,11-12,17,26H,2-3,5-10,13-14H2,1H3;2H,1H2;2*1H2,2H3;;;/q;;;;;2*-1;;;+2. The van der Waals surface area contributed by atoms with Gasteiger partial charge in [0.25, 0.3) is 0 Å². The molecule has 8 aliphatic heterocycles. The number of piperazine rings is 4. The molecule has 0 aromatic heterocycles. The van der Waals surface area contributed by atoms with Gasteiger partial charge in [0.2, 0.25) is 40.7 Å². The second kappa shape index (κ2) is 62.5. The number of phenols is 1. The fourth-order valence-electron chi connectivity index (χ4n) is 16.0. The van der Waals surface area contributed by atoms with Crippen LogP contribution in [0.5, 0.6) is 23.0 Å². The second-order valence-corrected chi connectivity index (χ2v) is 44.0. The molecule has 8 amide bonds. The Morgan fingerprint density at radius 1 is 0.407 bits per heavy atom. The van der Waals surface area contributed by atoms with E-state index in [9.17, 15) is 48.3 Å². The molecule has 8 aliphatic rings. The Balaban J connectivity index is 0.000000441. The zero-order valence-electron chi connectivity index (χ0n) is 81.1. The normalized spacial score (nSPS) is 16.5. The van der Waals surface area contributed by atoms with Crippen LogP contribution in [-0.2, 0) is 126 Å². The molecule has 0 bridgehead atoms. The Labute approximate surface area is 890 Å². The number of hydrogen-bond donors (Lipinski definition) is 1. The van der Waals surface area contributed by atoms with Gasteiger partial charge in [-0.3, -0.25) is 53.2 Å². The number of allylic oxidation sites excluding steroid dienone is 1. The minimum atomic E-state index is -0.509. The van der Waals surface area contributed by atoms with E-state index in [0.29, 0.717) is 135 Å². The predicted molar refractivity (Wildman–Crippen MR) is 554 cm³/mol. The van der Waals surface area contributed by atoms with Crippen LogP contribution < -0.4 is 14.2 Å². The van der Waals surface area contributed by atoms with Gasteiger partial charge in [-0.25, -0.2) is 9.59 Å². The van der Waals surface area contributed by atoms with Gasteiger partial charge in [0.05, 0.1) is 26.4 Å². The number of aromatic hydroxyl groups is 1. The number of hydrogen-bond acceptors (Lipinski definition) is 19. The van der Waals surface area contributed by atoms with Crippen molar-refractivity contribution in [3.63, 3.8) is 0 Å². The van der Waals surface area contributed by atoms with Gasteiger partial charge >= 0.3 is 34.8 Å². The zero-order chi connectivity index (χ0) is 99.3. The molecule has 39 heteroatoms. The summed E-state index contributed by atoms with van der Waals surface area (Å²) in [4.78, 5) is 132. The molecule has 745 valence electrons. The number of methoxy groups -OCH3 is 3. The Morgan fingerprint density at radius 2 is 0.637 bits per heavy atom. The molecule has 1 N–H and O–H groups in total. The van der Waals surface area contributed by atoms with Gasteiger partial charge in [-0.15, -0.1) is 47.3 Å². The summed E-state index contributed by atoms with van der Waals surface area (Å²) in [5.41, 5.74) is 6.02. The number of rotatable bonds is 25. The van der Waals surface area contributed by atoms with Crippen molar-refractivity contribution < 1.29 is 110 Å². The van der Waals surface area contributed by atoms with Crippen LogP contribution in [0.3, 0.4) is 0 Å². The zero-order valence-corrected chi connectivity index (χ0v) is 96.2. The minimum absolute atomic E-state index is 0. The van der Waals surface area contributed by atoms with Crippen molar-refractivity contribution in [2.45, 2.75) is 182 Å². The van der Waals surface area contributed by atoms with Crippen LogP contribution in [-0.4, -0.2) is 334 Å². The Kier molecular flexibility index (Phi) is 57.5. The van der Waals surface area contributed by atoms with Gasteiger partial charge in [0, 0.05) is 250 Å². The predicted octanol–water partition coefficient (Wildman–Crippen LogP) is 16.5. The molecule has 8 fully saturated rings. The molecule has 0 atom stereocenters.